The summed E-state index contributed by atoms with van der Waals surface area (Å²) in [5, 5.41) is 0. The third kappa shape index (κ3) is 22.5. The number of amides is 2. The molecule has 216 valence electrons. The van der Waals surface area contributed by atoms with Crippen LogP contribution in [0.25, 0.3) is 0 Å². The first-order valence-corrected chi connectivity index (χ1v) is 16.7. The van der Waals surface area contributed by atoms with Crippen molar-refractivity contribution in [1.29, 1.82) is 0 Å². The summed E-state index contributed by atoms with van der Waals surface area (Å²) in [4.78, 5) is 18.2. The van der Waals surface area contributed by atoms with Gasteiger partial charge in [0.15, 0.2) is 0 Å². The maximum Gasteiger partial charge on any atom is 0.319 e. The Morgan fingerprint density at radius 2 is 0.528 bits per heavy atom. The monoisotopic (exact) mass is 509 g/mol. The number of carbonyl (C=O) groups is 1. The minimum atomic E-state index is 0.347. The second-order valence-corrected chi connectivity index (χ2v) is 11.3. The lowest BCUT2D eigenvalue weighted by Crippen LogP contribution is -2.45. The molecule has 3 heteroatoms. The molecule has 0 fully saturated rings. The predicted octanol–water partition coefficient (Wildman–Crippen LogP) is 11.2. The molecule has 0 spiro atoms. The molecule has 0 aromatic rings. The lowest BCUT2D eigenvalue weighted by molar-refractivity contribution is 0.148. The van der Waals surface area contributed by atoms with Crippen LogP contribution in [0, 0.1) is 0 Å². The molecule has 0 N–H and O–H groups in total. The third-order valence-electron chi connectivity index (χ3n) is 7.67. The van der Waals surface area contributed by atoms with Gasteiger partial charge < -0.3 is 9.80 Å². The van der Waals surface area contributed by atoms with Crippen LogP contribution in [-0.2, 0) is 0 Å². The first-order valence-electron chi connectivity index (χ1n) is 16.7. The second-order valence-electron chi connectivity index (χ2n) is 11.3. The highest BCUT2D eigenvalue weighted by atomic mass is 16.2. The van der Waals surface area contributed by atoms with Crippen molar-refractivity contribution in [2.24, 2.45) is 0 Å². The third-order valence-corrected chi connectivity index (χ3v) is 7.67. The lowest BCUT2D eigenvalue weighted by Gasteiger charge is -2.31. The first kappa shape index (κ1) is 35.3. The maximum atomic E-state index is 13.8. The Morgan fingerprint density at radius 1 is 0.333 bits per heavy atom. The molecule has 0 heterocycles. The van der Waals surface area contributed by atoms with E-state index in [0.717, 1.165) is 26.2 Å². The van der Waals surface area contributed by atoms with Gasteiger partial charge >= 0.3 is 6.03 Å². The summed E-state index contributed by atoms with van der Waals surface area (Å²) < 4.78 is 0. The van der Waals surface area contributed by atoms with Crippen LogP contribution in [0.5, 0.6) is 0 Å². The van der Waals surface area contributed by atoms with Gasteiger partial charge in [-0.3, -0.25) is 0 Å². The highest BCUT2D eigenvalue weighted by Gasteiger charge is 2.20. The van der Waals surface area contributed by atoms with Crippen molar-refractivity contribution in [2.75, 3.05) is 26.2 Å². The summed E-state index contributed by atoms with van der Waals surface area (Å²) in [6, 6.07) is 0.347. The van der Waals surface area contributed by atoms with Gasteiger partial charge in [-0.15, -0.1) is 0 Å². The molecule has 2 amide bonds. The zero-order chi connectivity index (χ0) is 26.5. The fraction of sp³-hybridized carbons (Fsp3) is 0.970. The van der Waals surface area contributed by atoms with Gasteiger partial charge in [0, 0.05) is 26.2 Å². The van der Waals surface area contributed by atoms with Crippen molar-refractivity contribution >= 4 is 6.03 Å². The van der Waals surface area contributed by atoms with Crippen LogP contribution in [0.4, 0.5) is 4.79 Å². The summed E-state index contributed by atoms with van der Waals surface area (Å²) in [5.41, 5.74) is 0. The largest absolute Gasteiger partial charge is 0.325 e. The van der Waals surface area contributed by atoms with Crippen molar-refractivity contribution in [3.05, 3.63) is 0 Å². The number of hydrogen-bond donors (Lipinski definition) is 0. The van der Waals surface area contributed by atoms with Crippen LogP contribution in [0.3, 0.4) is 0 Å². The Kier molecular flexibility index (Phi) is 28.3. The van der Waals surface area contributed by atoms with Crippen molar-refractivity contribution in [3.8, 4) is 0 Å². The number of carbonyl (C=O) groups excluding carboxylic acids is 1. The Balaban J connectivity index is 4.82. The number of rotatable bonds is 28. The van der Waals surface area contributed by atoms with Gasteiger partial charge in [0.2, 0.25) is 0 Å². The molecule has 0 radical (unpaired) electrons. The molecule has 0 saturated heterocycles. The van der Waals surface area contributed by atoms with Gasteiger partial charge in [-0.2, -0.15) is 0 Å². The molecule has 0 aliphatic carbocycles. The van der Waals surface area contributed by atoms with Crippen molar-refractivity contribution in [2.45, 2.75) is 182 Å². The van der Waals surface area contributed by atoms with E-state index in [9.17, 15) is 4.79 Å². The summed E-state index contributed by atoms with van der Waals surface area (Å²) in [7, 11) is 0. The summed E-state index contributed by atoms with van der Waals surface area (Å²) in [6.45, 7) is 13.0. The van der Waals surface area contributed by atoms with E-state index in [4.69, 9.17) is 0 Å². The standard InChI is InChI=1S/C33H68N2O/c1-5-9-13-17-21-25-29-34(30-26-22-18-14-10-6-2)33(36)35(31-27-23-19-15-11-7-3)32-28-24-20-16-12-8-4/h5-32H2,1-4H3. The molecule has 0 atom stereocenters. The number of nitrogens with zero attached hydrogens (tertiary/aromatic N) is 2. The summed E-state index contributed by atoms with van der Waals surface area (Å²) in [6.07, 6.45) is 31.1. The van der Waals surface area contributed by atoms with Gasteiger partial charge in [0.05, 0.1) is 0 Å². The number of urea groups is 1. The fourth-order valence-corrected chi connectivity index (χ4v) is 5.14. The van der Waals surface area contributed by atoms with E-state index < -0.39 is 0 Å². The van der Waals surface area contributed by atoms with E-state index in [-0.39, 0.29) is 0 Å². The maximum absolute atomic E-state index is 13.8. The van der Waals surface area contributed by atoms with Crippen LogP contribution < -0.4 is 0 Å². The van der Waals surface area contributed by atoms with Crippen molar-refractivity contribution < 1.29 is 4.79 Å². The van der Waals surface area contributed by atoms with Crippen molar-refractivity contribution in [3.63, 3.8) is 0 Å². The highest BCUT2D eigenvalue weighted by Crippen LogP contribution is 2.14. The molecule has 0 bridgehead atoms. The number of unbranched alkanes of at least 4 members (excludes halogenated alkanes) is 20. The Hall–Kier alpha value is -0.730. The minimum Gasteiger partial charge on any atom is -0.325 e. The average Bonchev–Trinajstić information content (AvgIpc) is 2.89. The quantitative estimate of drug-likeness (QED) is 0.0964. The summed E-state index contributed by atoms with van der Waals surface area (Å²) >= 11 is 0. The first-order chi connectivity index (χ1) is 17.7. The fourth-order valence-electron chi connectivity index (χ4n) is 5.14. The van der Waals surface area contributed by atoms with Crippen LogP contribution >= 0.6 is 0 Å². The van der Waals surface area contributed by atoms with Gasteiger partial charge in [-0.25, -0.2) is 4.79 Å². The normalized spacial score (nSPS) is 11.2. The van der Waals surface area contributed by atoms with Gasteiger partial charge in [0.1, 0.15) is 0 Å². The Labute approximate surface area is 228 Å². The SMILES string of the molecule is CCCCCCCCN(CCCCCCCC)C(=O)N(CCCCCCCC)CCCCCCCC. The molecule has 0 unspecified atom stereocenters. The molecule has 36 heavy (non-hydrogen) atoms. The van der Waals surface area contributed by atoms with Crippen LogP contribution in [0.15, 0.2) is 0 Å². The lowest BCUT2D eigenvalue weighted by atomic mass is 10.1. The highest BCUT2D eigenvalue weighted by molar-refractivity contribution is 5.74. The molecule has 0 aromatic carbocycles. The van der Waals surface area contributed by atoms with Crippen LogP contribution in [0.2, 0.25) is 0 Å². The second kappa shape index (κ2) is 28.8. The molecule has 0 aliphatic rings. The average molecular weight is 509 g/mol. The van der Waals surface area contributed by atoms with Crippen LogP contribution in [0.1, 0.15) is 182 Å². The molecule has 0 rings (SSSR count). The van der Waals surface area contributed by atoms with Gasteiger partial charge in [-0.05, 0) is 25.7 Å². The number of hydrogen-bond acceptors (Lipinski definition) is 1. The Bertz CT molecular complexity index is 369. The molecule has 0 aliphatic heterocycles. The van der Waals surface area contributed by atoms with E-state index in [1.54, 1.807) is 0 Å². The molecule has 0 saturated carbocycles. The van der Waals surface area contributed by atoms with Gasteiger partial charge in [-0.1, -0.05) is 156 Å². The molecule has 0 aromatic heterocycles. The van der Waals surface area contributed by atoms with E-state index >= 15 is 0 Å². The van der Waals surface area contributed by atoms with Gasteiger partial charge in [0.25, 0.3) is 0 Å². The molecular formula is C33H68N2O. The predicted molar refractivity (Wildman–Crippen MR) is 162 cm³/mol. The van der Waals surface area contributed by atoms with E-state index in [2.05, 4.69) is 37.5 Å². The van der Waals surface area contributed by atoms with E-state index in [0.29, 0.717) is 6.03 Å². The zero-order valence-corrected chi connectivity index (χ0v) is 25.6. The Morgan fingerprint density at radius 3 is 0.750 bits per heavy atom. The van der Waals surface area contributed by atoms with E-state index in [1.807, 2.05) is 0 Å². The van der Waals surface area contributed by atoms with E-state index in [1.165, 1.54) is 154 Å². The smallest absolute Gasteiger partial charge is 0.319 e. The topological polar surface area (TPSA) is 23.6 Å². The summed E-state index contributed by atoms with van der Waals surface area (Å²) in [5.74, 6) is 0. The molecular weight excluding hydrogens is 440 g/mol. The minimum absolute atomic E-state index is 0.347. The van der Waals surface area contributed by atoms with Crippen molar-refractivity contribution in [1.82, 2.24) is 9.80 Å². The molecule has 3 nitrogen and oxygen atoms in total. The van der Waals surface area contributed by atoms with Crippen LogP contribution in [-0.4, -0.2) is 42.0 Å². The zero-order valence-electron chi connectivity index (χ0n) is 25.6.